The van der Waals surface area contributed by atoms with Gasteiger partial charge in [-0.15, -0.1) is 0 Å². The Labute approximate surface area is 89.5 Å². The van der Waals surface area contributed by atoms with Gasteiger partial charge in [-0.3, -0.25) is 0 Å². The van der Waals surface area contributed by atoms with Crippen LogP contribution in [0.1, 0.15) is 0 Å². The Kier molecular flexibility index (Phi) is 7.84. The molecule has 0 aliphatic rings. The first-order valence-electron chi connectivity index (χ1n) is 3.32. The van der Waals surface area contributed by atoms with Crippen molar-refractivity contribution >= 4 is 12.3 Å². The van der Waals surface area contributed by atoms with Crippen molar-refractivity contribution in [2.45, 2.75) is 24.4 Å². The number of hydrogen-bond donors (Lipinski definition) is 5. The first-order valence-corrected chi connectivity index (χ1v) is 3.32. The van der Waals surface area contributed by atoms with E-state index in [-0.39, 0.29) is 23.4 Å². The van der Waals surface area contributed by atoms with Gasteiger partial charge in [0.05, 0.1) is 0 Å². The Hall–Kier alpha value is -0.501. The van der Waals surface area contributed by atoms with Gasteiger partial charge in [0.1, 0.15) is 18.3 Å². The molecule has 4 unspecified atom stereocenters. The molecule has 0 aromatic carbocycles. The minimum absolute atomic E-state index is 0. The molecule has 0 aromatic rings. The number of carbonyl (C=O) groups is 2. The van der Waals surface area contributed by atoms with Crippen molar-refractivity contribution in [1.82, 2.24) is 0 Å². The van der Waals surface area contributed by atoms with Crippen molar-refractivity contribution in [2.75, 3.05) is 0 Å². The number of carboxylic acids is 1. The maximum Gasteiger partial charge on any atom is 0.335 e. The summed E-state index contributed by atoms with van der Waals surface area (Å²) in [6.07, 6.45) is -8.39. The molecule has 0 fully saturated rings. The van der Waals surface area contributed by atoms with Crippen LogP contribution in [0, 0.1) is 0 Å². The second-order valence-electron chi connectivity index (χ2n) is 2.39. The number of aliphatic carboxylic acids is 1. The number of aliphatic hydroxyl groups is 4. The van der Waals surface area contributed by atoms with Crippen LogP contribution in [0.5, 0.6) is 0 Å². The third-order valence-corrected chi connectivity index (χ3v) is 1.42. The van der Waals surface area contributed by atoms with E-state index in [4.69, 9.17) is 25.5 Å². The van der Waals surface area contributed by atoms with Gasteiger partial charge in [0.15, 0.2) is 12.4 Å². The second kappa shape index (κ2) is 6.88. The molecule has 87 valence electrons. The van der Waals surface area contributed by atoms with E-state index < -0.39 is 30.4 Å². The summed E-state index contributed by atoms with van der Waals surface area (Å²) >= 11 is 0. The zero-order valence-corrected chi connectivity index (χ0v) is 7.68. The molecule has 0 rings (SSSR count). The molecule has 0 saturated carbocycles. The van der Waals surface area contributed by atoms with Crippen molar-refractivity contribution in [3.8, 4) is 0 Å². The van der Waals surface area contributed by atoms with E-state index in [0.717, 1.165) is 0 Å². The molecule has 0 heterocycles. The summed E-state index contributed by atoms with van der Waals surface area (Å²) in [7, 11) is 0. The van der Waals surface area contributed by atoms with E-state index in [9.17, 15) is 9.59 Å². The molecule has 14 heavy (non-hydrogen) atoms. The second-order valence-corrected chi connectivity index (χ2v) is 2.39. The van der Waals surface area contributed by atoms with E-state index in [1.54, 1.807) is 0 Å². The fraction of sp³-hybridized carbons (Fsp3) is 0.667. The Morgan fingerprint density at radius 2 is 1.50 bits per heavy atom. The van der Waals surface area contributed by atoms with Gasteiger partial charge in [0.2, 0.25) is 0 Å². The number of rotatable bonds is 5. The van der Waals surface area contributed by atoms with Gasteiger partial charge in [0, 0.05) is 17.1 Å². The van der Waals surface area contributed by atoms with Gasteiger partial charge in [-0.05, 0) is 0 Å². The summed E-state index contributed by atoms with van der Waals surface area (Å²) in [5.41, 5.74) is 0. The van der Waals surface area contributed by atoms with Crippen molar-refractivity contribution in [1.29, 1.82) is 0 Å². The molecule has 0 aliphatic carbocycles. The summed E-state index contributed by atoms with van der Waals surface area (Å²) < 4.78 is 0. The van der Waals surface area contributed by atoms with E-state index in [0.29, 0.717) is 0 Å². The maximum absolute atomic E-state index is 10.1. The van der Waals surface area contributed by atoms with Crippen LogP contribution in [0.2, 0.25) is 0 Å². The van der Waals surface area contributed by atoms with E-state index in [1.165, 1.54) is 0 Å². The van der Waals surface area contributed by atoms with E-state index in [1.807, 2.05) is 0 Å². The summed E-state index contributed by atoms with van der Waals surface area (Å²) in [6.45, 7) is 0. The fourth-order valence-electron chi connectivity index (χ4n) is 0.615. The normalized spacial score (nSPS) is 18.6. The zero-order valence-electron chi connectivity index (χ0n) is 6.74. The maximum atomic E-state index is 10.1. The van der Waals surface area contributed by atoms with Crippen LogP contribution < -0.4 is 0 Å². The van der Waals surface area contributed by atoms with Gasteiger partial charge in [-0.25, -0.2) is 4.79 Å². The average molecular weight is 258 g/mol. The smallest absolute Gasteiger partial charge is 0.335 e. The largest absolute Gasteiger partial charge is 0.479 e. The summed E-state index contributed by atoms with van der Waals surface area (Å²) in [5, 5.41) is 43.2. The van der Waals surface area contributed by atoms with Gasteiger partial charge >= 0.3 is 5.97 Å². The van der Waals surface area contributed by atoms with Crippen molar-refractivity contribution < 1.29 is 52.2 Å². The summed E-state index contributed by atoms with van der Waals surface area (Å²) in [4.78, 5) is 20.0. The number of aliphatic hydroxyl groups excluding tert-OH is 4. The Morgan fingerprint density at radius 1 is 1.07 bits per heavy atom. The van der Waals surface area contributed by atoms with Crippen molar-refractivity contribution in [3.05, 3.63) is 0 Å². The van der Waals surface area contributed by atoms with Crippen LogP contribution in [0.4, 0.5) is 0 Å². The quantitative estimate of drug-likeness (QED) is 0.257. The number of aldehydes is 1. The first kappa shape index (κ1) is 15.9. The molecule has 4 atom stereocenters. The molecule has 0 spiro atoms. The molecule has 0 aromatic heterocycles. The molecular weight excluding hydrogens is 248 g/mol. The Morgan fingerprint density at radius 3 is 1.79 bits per heavy atom. The van der Waals surface area contributed by atoms with E-state index in [2.05, 4.69) is 0 Å². The van der Waals surface area contributed by atoms with Crippen LogP contribution in [0.3, 0.4) is 0 Å². The summed E-state index contributed by atoms with van der Waals surface area (Å²) in [6, 6.07) is 0. The standard InChI is InChI=1S/C6H10O7.Cu/c7-1-2(8)3(9)4(10)5(11)6(12)13;/h1-5,8-11H,(H,12,13);. The van der Waals surface area contributed by atoms with Crippen LogP contribution >= 0.6 is 0 Å². The molecule has 0 amide bonds. The average Bonchev–Trinajstić information content (AvgIpc) is 2.12. The molecule has 1 radical (unpaired) electrons. The van der Waals surface area contributed by atoms with Crippen LogP contribution in [-0.4, -0.2) is 62.2 Å². The third-order valence-electron chi connectivity index (χ3n) is 1.42. The van der Waals surface area contributed by atoms with Crippen LogP contribution in [0.25, 0.3) is 0 Å². The fourth-order valence-corrected chi connectivity index (χ4v) is 0.615. The molecule has 8 heteroatoms. The van der Waals surface area contributed by atoms with Gasteiger partial charge in [-0.1, -0.05) is 0 Å². The molecule has 0 saturated heterocycles. The predicted molar refractivity (Wildman–Crippen MR) is 37.7 cm³/mol. The molecule has 7 nitrogen and oxygen atoms in total. The molecule has 0 bridgehead atoms. The SMILES string of the molecule is O=CC(O)C(O)C(O)C(O)C(=O)O.[Cu]. The van der Waals surface area contributed by atoms with E-state index >= 15 is 0 Å². The molecular formula is C6H10CuO7. The minimum Gasteiger partial charge on any atom is -0.479 e. The minimum atomic E-state index is -2.25. The monoisotopic (exact) mass is 257 g/mol. The molecule has 0 aliphatic heterocycles. The summed E-state index contributed by atoms with van der Waals surface area (Å²) in [5.74, 6) is -1.76. The van der Waals surface area contributed by atoms with Crippen molar-refractivity contribution in [2.24, 2.45) is 0 Å². The zero-order chi connectivity index (χ0) is 10.6. The van der Waals surface area contributed by atoms with Crippen LogP contribution in [0.15, 0.2) is 0 Å². The topological polar surface area (TPSA) is 135 Å². The van der Waals surface area contributed by atoms with Gasteiger partial charge < -0.3 is 30.3 Å². The predicted octanol–water partition coefficient (Wildman–Crippen LogP) is -3.29. The Bertz CT molecular complexity index is 197. The Balaban J connectivity index is 0. The van der Waals surface area contributed by atoms with Crippen LogP contribution in [-0.2, 0) is 26.7 Å². The van der Waals surface area contributed by atoms with Gasteiger partial charge in [-0.2, -0.15) is 0 Å². The number of carboxylic acid groups (broad SMARTS) is 1. The number of hydrogen-bond acceptors (Lipinski definition) is 6. The molecule has 5 N–H and O–H groups in total. The number of carbonyl (C=O) groups excluding carboxylic acids is 1. The van der Waals surface area contributed by atoms with Crippen molar-refractivity contribution in [3.63, 3.8) is 0 Å². The van der Waals surface area contributed by atoms with Gasteiger partial charge in [0.25, 0.3) is 0 Å². The first-order chi connectivity index (χ1) is 5.91. The third kappa shape index (κ3) is 4.14.